The number of ether oxygens (including phenoxy) is 3. The summed E-state index contributed by atoms with van der Waals surface area (Å²) in [7, 11) is 0. The van der Waals surface area contributed by atoms with Crippen LogP contribution in [-0.2, 0) is 6.61 Å². The van der Waals surface area contributed by atoms with Crippen molar-refractivity contribution in [1.29, 1.82) is 0 Å². The van der Waals surface area contributed by atoms with E-state index < -0.39 is 12.5 Å². The summed E-state index contributed by atoms with van der Waals surface area (Å²) in [5.74, 6) is 0.254. The minimum atomic E-state index is -2.99. The highest BCUT2D eigenvalue weighted by atomic mass is 35.5. The molecule has 1 N–H and O–H groups in total. The van der Waals surface area contributed by atoms with Crippen LogP contribution in [0.4, 0.5) is 14.5 Å². The smallest absolute Gasteiger partial charge is 0.387 e. The van der Waals surface area contributed by atoms with Crippen molar-refractivity contribution >= 4 is 34.8 Å². The maximum absolute atomic E-state index is 12.5. The average Bonchev–Trinajstić information content (AvgIpc) is 3.18. The van der Waals surface area contributed by atoms with Crippen LogP contribution in [0.2, 0.25) is 10.0 Å². The van der Waals surface area contributed by atoms with Crippen molar-refractivity contribution in [3.63, 3.8) is 0 Å². The van der Waals surface area contributed by atoms with Crippen LogP contribution in [0.15, 0.2) is 52.9 Å². The zero-order chi connectivity index (χ0) is 22.4. The Balaban J connectivity index is 1.64. The molecule has 0 saturated heterocycles. The van der Waals surface area contributed by atoms with Gasteiger partial charge in [0.15, 0.2) is 17.3 Å². The third kappa shape index (κ3) is 6.26. The third-order valence-corrected chi connectivity index (χ3v) is 4.40. The molecule has 0 atom stereocenters. The number of alkyl halides is 2. The summed E-state index contributed by atoms with van der Waals surface area (Å²) >= 11 is 11.9. The molecule has 164 valence electrons. The van der Waals surface area contributed by atoms with Crippen molar-refractivity contribution in [2.24, 2.45) is 0 Å². The fourth-order valence-electron chi connectivity index (χ4n) is 2.56. The molecule has 31 heavy (non-hydrogen) atoms. The molecule has 6 nitrogen and oxygen atoms in total. The van der Waals surface area contributed by atoms with Crippen LogP contribution in [0.1, 0.15) is 23.2 Å². The first-order chi connectivity index (χ1) is 14.9. The molecule has 0 radical (unpaired) electrons. The van der Waals surface area contributed by atoms with E-state index in [4.69, 9.17) is 37.1 Å². The van der Waals surface area contributed by atoms with Gasteiger partial charge in [0, 0.05) is 16.8 Å². The Bertz CT molecular complexity index is 1060. The van der Waals surface area contributed by atoms with Gasteiger partial charge in [0.2, 0.25) is 0 Å². The SMILES string of the molecule is CCOc1cc(NC(=O)c2ccc(COc3ccc(Cl)cc3Cl)o2)ccc1OC(F)F. The molecule has 1 amide bonds. The number of amides is 1. The zero-order valence-corrected chi connectivity index (χ0v) is 17.7. The van der Waals surface area contributed by atoms with E-state index in [2.05, 4.69) is 10.1 Å². The number of anilines is 1. The summed E-state index contributed by atoms with van der Waals surface area (Å²) < 4.78 is 45.8. The lowest BCUT2D eigenvalue weighted by molar-refractivity contribution is -0.0514. The molecule has 0 bridgehead atoms. The Hall–Kier alpha value is -2.97. The molecule has 0 fully saturated rings. The lowest BCUT2D eigenvalue weighted by atomic mass is 10.2. The Morgan fingerprint density at radius 2 is 1.81 bits per heavy atom. The van der Waals surface area contributed by atoms with Gasteiger partial charge in [-0.3, -0.25) is 4.79 Å². The van der Waals surface area contributed by atoms with Gasteiger partial charge in [-0.2, -0.15) is 8.78 Å². The van der Waals surface area contributed by atoms with E-state index in [0.717, 1.165) is 0 Å². The predicted octanol–water partition coefficient (Wildman–Crippen LogP) is 6.42. The second kappa shape index (κ2) is 10.4. The van der Waals surface area contributed by atoms with Gasteiger partial charge in [-0.05, 0) is 49.4 Å². The highest BCUT2D eigenvalue weighted by molar-refractivity contribution is 6.35. The minimum absolute atomic E-state index is 0.0340. The highest BCUT2D eigenvalue weighted by Crippen LogP contribution is 2.32. The van der Waals surface area contributed by atoms with Crippen LogP contribution in [0.3, 0.4) is 0 Å². The number of halogens is 4. The molecule has 0 aliphatic carbocycles. The molecule has 3 aromatic rings. The Labute approximate surface area is 186 Å². The van der Waals surface area contributed by atoms with Crippen molar-refractivity contribution in [3.05, 3.63) is 70.1 Å². The summed E-state index contributed by atoms with van der Waals surface area (Å²) in [6.07, 6.45) is 0. The molecule has 0 aliphatic heterocycles. The maximum atomic E-state index is 12.5. The van der Waals surface area contributed by atoms with Crippen LogP contribution in [0.5, 0.6) is 17.2 Å². The summed E-state index contributed by atoms with van der Waals surface area (Å²) in [6, 6.07) is 12.0. The topological polar surface area (TPSA) is 69.9 Å². The van der Waals surface area contributed by atoms with Gasteiger partial charge in [0.25, 0.3) is 5.91 Å². The Morgan fingerprint density at radius 3 is 2.52 bits per heavy atom. The van der Waals surface area contributed by atoms with Gasteiger partial charge in [0.05, 0.1) is 11.6 Å². The molecule has 0 aliphatic rings. The monoisotopic (exact) mass is 471 g/mol. The number of rotatable bonds is 9. The standard InChI is InChI=1S/C21H17Cl2F2NO5/c1-2-28-19-10-13(4-7-17(19)31-21(24)25)26-20(27)18-8-5-14(30-18)11-29-16-6-3-12(22)9-15(16)23/h3-10,21H,2,11H2,1H3,(H,26,27). The number of carbonyl (C=O) groups is 1. The molecule has 3 rings (SSSR count). The average molecular weight is 472 g/mol. The molecule has 0 saturated carbocycles. The van der Waals surface area contributed by atoms with Crippen molar-refractivity contribution in [2.45, 2.75) is 20.1 Å². The first-order valence-corrected chi connectivity index (χ1v) is 9.81. The van der Waals surface area contributed by atoms with Crippen LogP contribution in [-0.4, -0.2) is 19.1 Å². The molecular weight excluding hydrogens is 455 g/mol. The van der Waals surface area contributed by atoms with E-state index >= 15 is 0 Å². The van der Waals surface area contributed by atoms with Gasteiger partial charge < -0.3 is 23.9 Å². The summed E-state index contributed by atoms with van der Waals surface area (Å²) in [4.78, 5) is 12.5. The highest BCUT2D eigenvalue weighted by Gasteiger charge is 2.16. The van der Waals surface area contributed by atoms with E-state index in [1.54, 1.807) is 31.2 Å². The fraction of sp³-hybridized carbons (Fsp3) is 0.190. The molecule has 1 aromatic heterocycles. The van der Waals surface area contributed by atoms with E-state index in [9.17, 15) is 13.6 Å². The normalized spacial score (nSPS) is 10.8. The van der Waals surface area contributed by atoms with E-state index in [1.165, 1.54) is 24.3 Å². The first-order valence-electron chi connectivity index (χ1n) is 9.05. The second-order valence-corrected chi connectivity index (χ2v) is 6.90. The van der Waals surface area contributed by atoms with Crippen molar-refractivity contribution in [1.82, 2.24) is 0 Å². The van der Waals surface area contributed by atoms with Crippen LogP contribution < -0.4 is 19.5 Å². The number of hydrogen-bond acceptors (Lipinski definition) is 5. The quantitative estimate of drug-likeness (QED) is 0.389. The molecule has 0 spiro atoms. The third-order valence-electron chi connectivity index (χ3n) is 3.87. The first kappa shape index (κ1) is 22.7. The van der Waals surface area contributed by atoms with Gasteiger partial charge in [0.1, 0.15) is 18.1 Å². The predicted molar refractivity (Wildman–Crippen MR) is 112 cm³/mol. The van der Waals surface area contributed by atoms with Crippen LogP contribution >= 0.6 is 23.2 Å². The molecule has 10 heteroatoms. The Morgan fingerprint density at radius 1 is 1.03 bits per heavy atom. The largest absolute Gasteiger partial charge is 0.490 e. The lowest BCUT2D eigenvalue weighted by Crippen LogP contribution is -2.11. The van der Waals surface area contributed by atoms with Crippen molar-refractivity contribution < 1.29 is 32.2 Å². The molecule has 0 unspecified atom stereocenters. The number of benzene rings is 2. The number of furan rings is 1. The minimum Gasteiger partial charge on any atom is -0.490 e. The van der Waals surface area contributed by atoms with Gasteiger partial charge in [-0.25, -0.2) is 0 Å². The van der Waals surface area contributed by atoms with Gasteiger partial charge in [-0.15, -0.1) is 0 Å². The summed E-state index contributed by atoms with van der Waals surface area (Å²) in [6.45, 7) is -1.02. The molecule has 2 aromatic carbocycles. The van der Waals surface area contributed by atoms with E-state index in [-0.39, 0.29) is 30.5 Å². The van der Waals surface area contributed by atoms with Crippen LogP contribution in [0.25, 0.3) is 0 Å². The Kier molecular flexibility index (Phi) is 7.59. The number of carbonyl (C=O) groups excluding carboxylic acids is 1. The van der Waals surface area contributed by atoms with E-state index in [1.807, 2.05) is 0 Å². The maximum Gasteiger partial charge on any atom is 0.387 e. The molecular formula is C21H17Cl2F2NO5. The second-order valence-electron chi connectivity index (χ2n) is 6.06. The number of hydrogen-bond donors (Lipinski definition) is 1. The zero-order valence-electron chi connectivity index (χ0n) is 16.2. The van der Waals surface area contributed by atoms with Gasteiger partial charge in [-0.1, -0.05) is 23.2 Å². The fourth-order valence-corrected chi connectivity index (χ4v) is 3.02. The van der Waals surface area contributed by atoms with Crippen molar-refractivity contribution in [3.8, 4) is 17.2 Å². The van der Waals surface area contributed by atoms with Gasteiger partial charge >= 0.3 is 6.61 Å². The summed E-state index contributed by atoms with van der Waals surface area (Å²) in [5, 5.41) is 3.44. The van der Waals surface area contributed by atoms with Crippen molar-refractivity contribution in [2.75, 3.05) is 11.9 Å². The summed E-state index contributed by atoms with van der Waals surface area (Å²) in [5.41, 5.74) is 0.317. The lowest BCUT2D eigenvalue weighted by Gasteiger charge is -2.13. The van der Waals surface area contributed by atoms with Crippen LogP contribution in [0, 0.1) is 0 Å². The molecule has 1 heterocycles. The van der Waals surface area contributed by atoms with E-state index in [0.29, 0.717) is 27.2 Å². The number of nitrogens with one attached hydrogen (secondary N) is 1.